The molecule has 1 aliphatic heterocycles. The Kier molecular flexibility index (Phi) is 7.52. The van der Waals surface area contributed by atoms with Gasteiger partial charge < -0.3 is 25.8 Å². The largest absolute Gasteiger partial charge is 0.490 e. The first-order valence-electron chi connectivity index (χ1n) is 9.84. The van der Waals surface area contributed by atoms with E-state index in [2.05, 4.69) is 10.6 Å². The molecule has 11 heteroatoms. The first-order valence-corrected chi connectivity index (χ1v) is 10.2. The van der Waals surface area contributed by atoms with Crippen molar-refractivity contribution in [2.45, 2.75) is 6.92 Å². The van der Waals surface area contributed by atoms with Gasteiger partial charge in [0.1, 0.15) is 12.2 Å². The highest BCUT2D eigenvalue weighted by molar-refractivity contribution is 6.30. The third kappa shape index (κ3) is 6.23. The molecule has 0 aromatic heterocycles. The van der Waals surface area contributed by atoms with Gasteiger partial charge in [-0.1, -0.05) is 23.7 Å². The van der Waals surface area contributed by atoms with Crippen LogP contribution in [0.25, 0.3) is 6.08 Å². The Morgan fingerprint density at radius 1 is 1.15 bits per heavy atom. The van der Waals surface area contributed by atoms with Crippen LogP contribution in [0.1, 0.15) is 12.5 Å². The molecule has 172 valence electrons. The number of hydrogen-bond acceptors (Lipinski definition) is 6. The lowest BCUT2D eigenvalue weighted by Gasteiger charge is -2.12. The number of amides is 5. The Labute approximate surface area is 194 Å². The van der Waals surface area contributed by atoms with Crippen LogP contribution in [0, 0.1) is 0 Å². The van der Waals surface area contributed by atoms with E-state index in [1.54, 1.807) is 49.4 Å². The normalized spacial score (nSPS) is 14.2. The molecule has 3 rings (SSSR count). The van der Waals surface area contributed by atoms with Gasteiger partial charge in [0.15, 0.2) is 18.1 Å². The zero-order chi connectivity index (χ0) is 24.0. The summed E-state index contributed by atoms with van der Waals surface area (Å²) in [5.74, 6) is -1.21. The first-order chi connectivity index (χ1) is 15.8. The second-order valence-corrected chi connectivity index (χ2v) is 7.27. The molecular weight excluding hydrogens is 452 g/mol. The number of rotatable bonds is 9. The molecule has 10 nitrogen and oxygen atoms in total. The lowest BCUT2D eigenvalue weighted by molar-refractivity contribution is -0.127. The number of nitrogens with two attached hydrogens (primary N) is 1. The third-order valence-corrected chi connectivity index (χ3v) is 4.56. The van der Waals surface area contributed by atoms with E-state index in [1.165, 1.54) is 6.08 Å². The van der Waals surface area contributed by atoms with E-state index in [0.29, 0.717) is 34.4 Å². The van der Waals surface area contributed by atoms with Crippen LogP contribution in [-0.4, -0.2) is 48.4 Å². The van der Waals surface area contributed by atoms with E-state index < -0.39 is 30.3 Å². The summed E-state index contributed by atoms with van der Waals surface area (Å²) in [5, 5.41) is 5.47. The number of anilines is 1. The molecule has 1 fully saturated rings. The number of hydrogen-bond donors (Lipinski definition) is 3. The maximum atomic E-state index is 12.7. The van der Waals surface area contributed by atoms with Crippen molar-refractivity contribution in [2.24, 2.45) is 5.73 Å². The number of primary amides is 1. The van der Waals surface area contributed by atoms with Crippen LogP contribution in [0.4, 0.5) is 10.5 Å². The third-order valence-electron chi connectivity index (χ3n) is 4.32. The summed E-state index contributed by atoms with van der Waals surface area (Å²) in [6.07, 6.45) is 1.44. The Balaban J connectivity index is 1.72. The van der Waals surface area contributed by atoms with Gasteiger partial charge in [0.25, 0.3) is 11.8 Å². The van der Waals surface area contributed by atoms with Crippen molar-refractivity contribution in [2.75, 3.05) is 25.1 Å². The number of halogens is 1. The van der Waals surface area contributed by atoms with Crippen LogP contribution in [0.15, 0.2) is 48.2 Å². The Morgan fingerprint density at radius 2 is 1.94 bits per heavy atom. The number of nitrogens with one attached hydrogen (secondary N) is 2. The Hall–Kier alpha value is -4.05. The molecule has 4 N–H and O–H groups in total. The van der Waals surface area contributed by atoms with Crippen LogP contribution in [-0.2, 0) is 14.4 Å². The van der Waals surface area contributed by atoms with E-state index in [-0.39, 0.29) is 12.3 Å². The quantitative estimate of drug-likeness (QED) is 0.377. The Bertz CT molecular complexity index is 1130. The number of carbonyl (C=O) groups is 4. The molecule has 0 atom stereocenters. The molecule has 1 heterocycles. The van der Waals surface area contributed by atoms with Crippen LogP contribution in [0.5, 0.6) is 11.5 Å². The molecule has 0 radical (unpaired) electrons. The molecule has 0 unspecified atom stereocenters. The highest BCUT2D eigenvalue weighted by Gasteiger charge is 2.35. The SMILES string of the molecule is CCOc1cc(/C=C2\NC(=O)N(CC(=O)Nc3cccc(Cl)c3)C2=O)ccc1OCC(N)=O. The topological polar surface area (TPSA) is 140 Å². The summed E-state index contributed by atoms with van der Waals surface area (Å²) >= 11 is 5.89. The summed E-state index contributed by atoms with van der Waals surface area (Å²) in [7, 11) is 0. The van der Waals surface area contributed by atoms with Crippen LogP contribution >= 0.6 is 11.6 Å². The van der Waals surface area contributed by atoms with Crippen molar-refractivity contribution < 1.29 is 28.7 Å². The van der Waals surface area contributed by atoms with Gasteiger partial charge in [-0.15, -0.1) is 0 Å². The molecule has 2 aromatic carbocycles. The highest BCUT2D eigenvalue weighted by atomic mass is 35.5. The zero-order valence-electron chi connectivity index (χ0n) is 17.6. The maximum absolute atomic E-state index is 12.7. The lowest BCUT2D eigenvalue weighted by atomic mass is 10.1. The predicted molar refractivity (Wildman–Crippen MR) is 121 cm³/mol. The monoisotopic (exact) mass is 472 g/mol. The fourth-order valence-electron chi connectivity index (χ4n) is 2.94. The summed E-state index contributed by atoms with van der Waals surface area (Å²) in [6, 6.07) is 10.5. The second kappa shape index (κ2) is 10.5. The molecule has 0 bridgehead atoms. The van der Waals surface area contributed by atoms with Crippen LogP contribution < -0.4 is 25.8 Å². The van der Waals surface area contributed by atoms with Crippen LogP contribution in [0.3, 0.4) is 0 Å². The average Bonchev–Trinajstić information content (AvgIpc) is 3.00. The minimum atomic E-state index is -0.723. The minimum Gasteiger partial charge on any atom is -0.490 e. The van der Waals surface area contributed by atoms with E-state index in [9.17, 15) is 19.2 Å². The van der Waals surface area contributed by atoms with Gasteiger partial charge in [-0.2, -0.15) is 0 Å². The average molecular weight is 473 g/mol. The summed E-state index contributed by atoms with van der Waals surface area (Å²) in [6.45, 7) is 1.31. The van der Waals surface area contributed by atoms with Crippen molar-refractivity contribution >= 4 is 47.1 Å². The predicted octanol–water partition coefficient (Wildman–Crippen LogP) is 2.13. The lowest BCUT2D eigenvalue weighted by Crippen LogP contribution is -2.38. The van der Waals surface area contributed by atoms with Gasteiger partial charge in [0, 0.05) is 10.7 Å². The van der Waals surface area contributed by atoms with Gasteiger partial charge in [-0.25, -0.2) is 9.69 Å². The molecular formula is C22H21ClN4O6. The molecule has 0 spiro atoms. The molecule has 1 aliphatic rings. The molecule has 1 saturated heterocycles. The zero-order valence-corrected chi connectivity index (χ0v) is 18.3. The minimum absolute atomic E-state index is 0.0104. The second-order valence-electron chi connectivity index (χ2n) is 6.83. The van der Waals surface area contributed by atoms with E-state index in [4.69, 9.17) is 26.8 Å². The van der Waals surface area contributed by atoms with Crippen molar-refractivity contribution in [3.8, 4) is 11.5 Å². The number of benzene rings is 2. The highest BCUT2D eigenvalue weighted by Crippen LogP contribution is 2.29. The first kappa shape index (κ1) is 23.6. The molecule has 5 amide bonds. The fourth-order valence-corrected chi connectivity index (χ4v) is 3.13. The number of urea groups is 1. The van der Waals surface area contributed by atoms with Crippen molar-refractivity contribution in [1.29, 1.82) is 0 Å². The smallest absolute Gasteiger partial charge is 0.329 e. The maximum Gasteiger partial charge on any atom is 0.329 e. The molecule has 0 aliphatic carbocycles. The van der Waals surface area contributed by atoms with Crippen molar-refractivity contribution in [3.05, 3.63) is 58.7 Å². The summed E-state index contributed by atoms with van der Waals surface area (Å²) in [4.78, 5) is 49.0. The summed E-state index contributed by atoms with van der Waals surface area (Å²) in [5.41, 5.74) is 6.06. The number of ether oxygens (including phenoxy) is 2. The standard InChI is InChI=1S/C22H21ClN4O6/c1-2-32-18-9-13(6-7-17(18)33-12-19(24)28)8-16-21(30)27(22(31)26-16)11-20(29)25-15-5-3-4-14(23)10-15/h3-10H,2,11-12H2,1H3,(H2,24,28)(H,25,29)(H,26,31)/b16-8-. The van der Waals surface area contributed by atoms with Gasteiger partial charge >= 0.3 is 6.03 Å². The summed E-state index contributed by atoms with van der Waals surface area (Å²) < 4.78 is 10.8. The molecule has 33 heavy (non-hydrogen) atoms. The van der Waals surface area contributed by atoms with E-state index in [1.807, 2.05) is 0 Å². The number of carbonyl (C=O) groups excluding carboxylic acids is 4. The number of imide groups is 1. The van der Waals surface area contributed by atoms with Gasteiger partial charge in [-0.05, 0) is 48.9 Å². The Morgan fingerprint density at radius 3 is 2.64 bits per heavy atom. The van der Waals surface area contributed by atoms with Gasteiger partial charge in [0.2, 0.25) is 5.91 Å². The number of nitrogens with zero attached hydrogens (tertiary/aromatic N) is 1. The van der Waals surface area contributed by atoms with Crippen molar-refractivity contribution in [1.82, 2.24) is 10.2 Å². The van der Waals surface area contributed by atoms with E-state index >= 15 is 0 Å². The van der Waals surface area contributed by atoms with Gasteiger partial charge in [0.05, 0.1) is 6.61 Å². The fraction of sp³-hybridized carbons (Fsp3) is 0.182. The van der Waals surface area contributed by atoms with Crippen LogP contribution in [0.2, 0.25) is 5.02 Å². The van der Waals surface area contributed by atoms with Gasteiger partial charge in [-0.3, -0.25) is 14.4 Å². The van der Waals surface area contributed by atoms with Crippen molar-refractivity contribution in [3.63, 3.8) is 0 Å². The van der Waals surface area contributed by atoms with E-state index in [0.717, 1.165) is 4.90 Å². The molecule has 0 saturated carbocycles. The molecule has 2 aromatic rings.